The second kappa shape index (κ2) is 8.54. The highest BCUT2D eigenvalue weighted by atomic mass is 15.4. The zero-order chi connectivity index (χ0) is 21.2. The van der Waals surface area contributed by atoms with Gasteiger partial charge in [0.2, 0.25) is 0 Å². The molecule has 2 unspecified atom stereocenters. The zero-order valence-electron chi connectivity index (χ0n) is 18.4. The van der Waals surface area contributed by atoms with Crippen molar-refractivity contribution in [3.05, 3.63) is 72.8 Å². The topological polar surface area (TPSA) is 35.6 Å². The molecular formula is C27H30N4. The lowest BCUT2D eigenvalue weighted by atomic mass is 10.0. The fraction of sp³-hybridized carbons (Fsp3) is 0.333. The number of benzene rings is 3. The number of fused-ring (bicyclic) bond motifs is 4. The third-order valence-corrected chi connectivity index (χ3v) is 6.59. The van der Waals surface area contributed by atoms with Gasteiger partial charge in [-0.1, -0.05) is 73.5 Å². The minimum Gasteiger partial charge on any atom is -0.338 e. The van der Waals surface area contributed by atoms with E-state index in [4.69, 9.17) is 0 Å². The maximum Gasteiger partial charge on any atom is 0.113 e. The molecule has 158 valence electrons. The average Bonchev–Trinajstić information content (AvgIpc) is 3.39. The van der Waals surface area contributed by atoms with Gasteiger partial charge in [0.15, 0.2) is 0 Å². The Labute approximate surface area is 183 Å². The van der Waals surface area contributed by atoms with Crippen LogP contribution >= 0.6 is 0 Å². The van der Waals surface area contributed by atoms with Crippen LogP contribution in [0.1, 0.15) is 58.0 Å². The van der Waals surface area contributed by atoms with Gasteiger partial charge in [-0.25, -0.2) is 4.68 Å². The molecular weight excluding hydrogens is 380 g/mol. The molecule has 0 amide bonds. The number of aromatic nitrogens is 4. The van der Waals surface area contributed by atoms with Gasteiger partial charge in [-0.3, -0.25) is 0 Å². The van der Waals surface area contributed by atoms with Crippen molar-refractivity contribution in [1.29, 1.82) is 0 Å². The third kappa shape index (κ3) is 3.60. The SMILES string of the molecule is CCCCC(CCC(C)n1c2ccccc2c2ccccc21)n1nnc2ccccc21. The number of hydrogen-bond acceptors (Lipinski definition) is 2. The smallest absolute Gasteiger partial charge is 0.113 e. The summed E-state index contributed by atoms with van der Waals surface area (Å²) in [5, 5.41) is 11.6. The molecule has 5 aromatic rings. The minimum atomic E-state index is 0.378. The van der Waals surface area contributed by atoms with E-state index in [1.165, 1.54) is 34.6 Å². The molecule has 0 bridgehead atoms. The Balaban J connectivity index is 1.46. The Morgan fingerprint density at radius 3 is 2.03 bits per heavy atom. The minimum absolute atomic E-state index is 0.378. The van der Waals surface area contributed by atoms with Crippen molar-refractivity contribution >= 4 is 32.8 Å². The van der Waals surface area contributed by atoms with E-state index in [9.17, 15) is 0 Å². The highest BCUT2D eigenvalue weighted by Crippen LogP contribution is 2.34. The normalized spacial score (nSPS) is 13.9. The van der Waals surface area contributed by atoms with Gasteiger partial charge in [-0.2, -0.15) is 0 Å². The summed E-state index contributed by atoms with van der Waals surface area (Å²) >= 11 is 0. The van der Waals surface area contributed by atoms with Crippen LogP contribution < -0.4 is 0 Å². The summed E-state index contributed by atoms with van der Waals surface area (Å²) in [4.78, 5) is 0. The van der Waals surface area contributed by atoms with Crippen molar-refractivity contribution in [2.24, 2.45) is 0 Å². The summed E-state index contributed by atoms with van der Waals surface area (Å²) in [5.41, 5.74) is 4.78. The lowest BCUT2D eigenvalue weighted by Crippen LogP contribution is -2.14. The first-order valence-electron chi connectivity index (χ1n) is 11.6. The van der Waals surface area contributed by atoms with Gasteiger partial charge in [-0.15, -0.1) is 5.10 Å². The quantitative estimate of drug-likeness (QED) is 0.269. The van der Waals surface area contributed by atoms with Crippen LogP contribution in [0.5, 0.6) is 0 Å². The van der Waals surface area contributed by atoms with E-state index in [-0.39, 0.29) is 0 Å². The Bertz CT molecular complexity index is 1260. The molecule has 2 heterocycles. The highest BCUT2D eigenvalue weighted by molar-refractivity contribution is 6.08. The van der Waals surface area contributed by atoms with Gasteiger partial charge in [0.25, 0.3) is 0 Å². The molecule has 3 aromatic carbocycles. The average molecular weight is 411 g/mol. The highest BCUT2D eigenvalue weighted by Gasteiger charge is 2.19. The fourth-order valence-electron chi connectivity index (χ4n) is 4.98. The fourth-order valence-corrected chi connectivity index (χ4v) is 4.98. The molecule has 0 N–H and O–H groups in total. The van der Waals surface area contributed by atoms with Crippen molar-refractivity contribution in [1.82, 2.24) is 19.6 Å². The van der Waals surface area contributed by atoms with Crippen molar-refractivity contribution < 1.29 is 0 Å². The number of rotatable bonds is 8. The summed E-state index contributed by atoms with van der Waals surface area (Å²) in [5.74, 6) is 0. The van der Waals surface area contributed by atoms with E-state index >= 15 is 0 Å². The van der Waals surface area contributed by atoms with Crippen LogP contribution in [-0.2, 0) is 0 Å². The first kappa shape index (κ1) is 19.8. The van der Waals surface area contributed by atoms with Crippen molar-refractivity contribution in [3.63, 3.8) is 0 Å². The monoisotopic (exact) mass is 410 g/mol. The van der Waals surface area contributed by atoms with Crippen molar-refractivity contribution in [2.75, 3.05) is 0 Å². The second-order valence-corrected chi connectivity index (χ2v) is 8.65. The maximum absolute atomic E-state index is 4.55. The van der Waals surface area contributed by atoms with E-state index in [1.54, 1.807) is 0 Å². The van der Waals surface area contributed by atoms with E-state index in [2.05, 4.69) is 100 Å². The predicted molar refractivity (Wildman–Crippen MR) is 129 cm³/mol. The molecule has 0 radical (unpaired) electrons. The summed E-state index contributed by atoms with van der Waals surface area (Å²) in [7, 11) is 0. The molecule has 0 spiro atoms. The van der Waals surface area contributed by atoms with Crippen LogP contribution in [0.4, 0.5) is 0 Å². The molecule has 0 aliphatic heterocycles. The Morgan fingerprint density at radius 1 is 0.742 bits per heavy atom. The zero-order valence-corrected chi connectivity index (χ0v) is 18.4. The van der Waals surface area contributed by atoms with Crippen LogP contribution in [0.15, 0.2) is 72.8 Å². The molecule has 2 atom stereocenters. The summed E-state index contributed by atoms with van der Waals surface area (Å²) in [6, 6.07) is 26.7. The van der Waals surface area contributed by atoms with E-state index in [1.807, 2.05) is 6.07 Å². The van der Waals surface area contributed by atoms with Gasteiger partial charge in [0, 0.05) is 27.8 Å². The van der Waals surface area contributed by atoms with Crippen LogP contribution in [0.2, 0.25) is 0 Å². The maximum atomic E-state index is 4.55. The summed E-state index contributed by atoms with van der Waals surface area (Å²) in [6.45, 7) is 4.62. The van der Waals surface area contributed by atoms with Crippen LogP contribution in [0, 0.1) is 0 Å². The van der Waals surface area contributed by atoms with Crippen molar-refractivity contribution in [2.45, 2.75) is 58.0 Å². The molecule has 4 nitrogen and oxygen atoms in total. The number of hydrogen-bond donors (Lipinski definition) is 0. The Kier molecular flexibility index (Phi) is 5.46. The number of unbranched alkanes of at least 4 members (excludes halogenated alkanes) is 1. The van der Waals surface area contributed by atoms with Gasteiger partial charge in [0.05, 0.1) is 11.6 Å². The molecule has 0 saturated carbocycles. The first-order chi connectivity index (χ1) is 15.3. The lowest BCUT2D eigenvalue weighted by Gasteiger charge is -2.22. The molecule has 0 fully saturated rings. The van der Waals surface area contributed by atoms with Gasteiger partial charge >= 0.3 is 0 Å². The third-order valence-electron chi connectivity index (χ3n) is 6.59. The van der Waals surface area contributed by atoms with E-state index in [0.29, 0.717) is 12.1 Å². The van der Waals surface area contributed by atoms with Crippen LogP contribution in [-0.4, -0.2) is 19.6 Å². The molecule has 2 aromatic heterocycles. The Hall–Kier alpha value is -3.14. The standard InChI is InChI=1S/C27H30N4/c1-3-4-11-21(31-27-17-10-7-14-24(27)28-29-31)19-18-20(2)30-25-15-8-5-12-22(25)23-13-6-9-16-26(23)30/h5-10,12-17,20-21H,3-4,11,18-19H2,1-2H3. The molecule has 5 rings (SSSR count). The second-order valence-electron chi connectivity index (χ2n) is 8.65. The number of nitrogens with zero attached hydrogens (tertiary/aromatic N) is 4. The number of para-hydroxylation sites is 3. The Morgan fingerprint density at radius 2 is 1.35 bits per heavy atom. The molecule has 0 aliphatic rings. The molecule has 0 aliphatic carbocycles. The van der Waals surface area contributed by atoms with Gasteiger partial charge in [0.1, 0.15) is 5.52 Å². The van der Waals surface area contributed by atoms with Crippen LogP contribution in [0.3, 0.4) is 0 Å². The summed E-state index contributed by atoms with van der Waals surface area (Å²) < 4.78 is 4.70. The van der Waals surface area contributed by atoms with Gasteiger partial charge < -0.3 is 4.57 Å². The van der Waals surface area contributed by atoms with Crippen LogP contribution in [0.25, 0.3) is 32.8 Å². The van der Waals surface area contributed by atoms with E-state index in [0.717, 1.165) is 30.3 Å². The largest absolute Gasteiger partial charge is 0.338 e. The van der Waals surface area contributed by atoms with E-state index < -0.39 is 0 Å². The molecule has 4 heteroatoms. The van der Waals surface area contributed by atoms with Crippen molar-refractivity contribution in [3.8, 4) is 0 Å². The van der Waals surface area contributed by atoms with Gasteiger partial charge in [-0.05, 0) is 50.5 Å². The summed E-state index contributed by atoms with van der Waals surface area (Å²) in [6.07, 6.45) is 5.75. The first-order valence-corrected chi connectivity index (χ1v) is 11.6. The molecule has 0 saturated heterocycles. The lowest BCUT2D eigenvalue weighted by molar-refractivity contribution is 0.354. The molecule has 31 heavy (non-hydrogen) atoms. The predicted octanol–water partition coefficient (Wildman–Crippen LogP) is 7.31.